The largest absolute Gasteiger partial charge is 0.505 e. The summed E-state index contributed by atoms with van der Waals surface area (Å²) in [5.74, 6) is -1.09. The molecule has 1 N–H and O–H groups in total. The lowest BCUT2D eigenvalue weighted by molar-refractivity contribution is 0.0981. The topological polar surface area (TPSA) is 37.3 Å². The van der Waals surface area contributed by atoms with E-state index in [4.69, 9.17) is 5.11 Å². The van der Waals surface area contributed by atoms with E-state index in [1.165, 1.54) is 6.07 Å². The molecular formula is C11H11FO2. The molecule has 0 heterocycles. The molecule has 0 unspecified atom stereocenters. The lowest BCUT2D eigenvalue weighted by Crippen LogP contribution is -2.00. The summed E-state index contributed by atoms with van der Waals surface area (Å²) in [6.07, 6.45) is 2.99. The first-order chi connectivity index (χ1) is 6.68. The molecule has 3 heteroatoms. The highest BCUT2D eigenvalue weighted by atomic mass is 19.1. The summed E-state index contributed by atoms with van der Waals surface area (Å²) in [5, 5.41) is 9.17. The number of aryl methyl sites for hydroxylation is 1. The maximum Gasteiger partial charge on any atom is 0.165 e. The molecule has 0 fully saturated rings. The summed E-state index contributed by atoms with van der Waals surface area (Å²) in [5.41, 5.74) is 1.21. The number of hydrogen-bond donors (Lipinski definition) is 1. The molecular weight excluding hydrogens is 183 g/mol. The minimum atomic E-state index is -0.709. The van der Waals surface area contributed by atoms with Crippen molar-refractivity contribution in [3.63, 3.8) is 0 Å². The molecule has 14 heavy (non-hydrogen) atoms. The molecule has 0 radical (unpaired) electrons. The monoisotopic (exact) mass is 194 g/mol. The number of fused-ring (bicyclic) bond motifs is 1. The Hall–Kier alpha value is -1.38. The number of halogens is 1. The molecule has 0 amide bonds. The minimum Gasteiger partial charge on any atom is -0.505 e. The number of aromatic hydroxyl groups is 1. The third-order valence-corrected chi connectivity index (χ3v) is 2.57. The van der Waals surface area contributed by atoms with Crippen LogP contribution in [0.1, 0.15) is 35.2 Å². The minimum absolute atomic E-state index is 0.0172. The Labute approximate surface area is 81.4 Å². The third kappa shape index (κ3) is 1.50. The fourth-order valence-electron chi connectivity index (χ4n) is 1.81. The second kappa shape index (κ2) is 3.40. The van der Waals surface area contributed by atoms with Crippen molar-refractivity contribution in [3.05, 3.63) is 29.1 Å². The van der Waals surface area contributed by atoms with Gasteiger partial charge in [-0.3, -0.25) is 4.79 Å². The quantitative estimate of drug-likeness (QED) is 0.644. The van der Waals surface area contributed by atoms with Gasteiger partial charge in [0.05, 0.1) is 0 Å². The zero-order chi connectivity index (χ0) is 10.1. The SMILES string of the molecule is O=C1CCCCc2cc(O)c(F)cc21. The predicted molar refractivity (Wildman–Crippen MR) is 50.0 cm³/mol. The second-order valence-electron chi connectivity index (χ2n) is 3.59. The number of ketones is 1. The van der Waals surface area contributed by atoms with Crippen molar-refractivity contribution >= 4 is 5.78 Å². The van der Waals surface area contributed by atoms with Crippen LogP contribution in [0.2, 0.25) is 0 Å². The van der Waals surface area contributed by atoms with Gasteiger partial charge >= 0.3 is 0 Å². The van der Waals surface area contributed by atoms with Crippen LogP contribution in [0.5, 0.6) is 5.75 Å². The van der Waals surface area contributed by atoms with Gasteiger partial charge in [0.2, 0.25) is 0 Å². The molecule has 0 bridgehead atoms. The summed E-state index contributed by atoms with van der Waals surface area (Å²) >= 11 is 0. The van der Waals surface area contributed by atoms with Gasteiger partial charge in [0, 0.05) is 12.0 Å². The Morgan fingerprint density at radius 3 is 2.71 bits per heavy atom. The Bertz CT molecular complexity index is 385. The maximum atomic E-state index is 13.0. The van der Waals surface area contributed by atoms with E-state index in [0.717, 1.165) is 30.9 Å². The van der Waals surface area contributed by atoms with Gasteiger partial charge in [-0.2, -0.15) is 0 Å². The molecule has 1 aliphatic carbocycles. The van der Waals surface area contributed by atoms with Crippen molar-refractivity contribution in [1.82, 2.24) is 0 Å². The van der Waals surface area contributed by atoms with Crippen LogP contribution < -0.4 is 0 Å². The van der Waals surface area contributed by atoms with Gasteiger partial charge < -0.3 is 5.11 Å². The first kappa shape index (κ1) is 9.19. The van der Waals surface area contributed by atoms with Crippen LogP contribution in [-0.4, -0.2) is 10.9 Å². The van der Waals surface area contributed by atoms with E-state index in [2.05, 4.69) is 0 Å². The normalized spacial score (nSPS) is 16.2. The van der Waals surface area contributed by atoms with Gasteiger partial charge in [0.25, 0.3) is 0 Å². The summed E-state index contributed by atoms with van der Waals surface area (Å²) in [6.45, 7) is 0. The molecule has 0 aliphatic heterocycles. The molecule has 1 aromatic carbocycles. The zero-order valence-corrected chi connectivity index (χ0v) is 7.72. The molecule has 1 aromatic rings. The van der Waals surface area contributed by atoms with Crippen LogP contribution >= 0.6 is 0 Å². The number of Topliss-reactive ketones (excluding diaryl/α,β-unsaturated/α-hetero) is 1. The molecule has 2 rings (SSSR count). The van der Waals surface area contributed by atoms with Crippen molar-refractivity contribution in [2.75, 3.05) is 0 Å². The number of phenols is 1. The van der Waals surface area contributed by atoms with Crippen molar-refractivity contribution in [2.24, 2.45) is 0 Å². The van der Waals surface area contributed by atoms with Gasteiger partial charge in [0.15, 0.2) is 17.3 Å². The van der Waals surface area contributed by atoms with Crippen molar-refractivity contribution in [2.45, 2.75) is 25.7 Å². The van der Waals surface area contributed by atoms with Gasteiger partial charge in [0.1, 0.15) is 0 Å². The Morgan fingerprint density at radius 1 is 1.21 bits per heavy atom. The summed E-state index contributed by atoms with van der Waals surface area (Å²) in [7, 11) is 0. The standard InChI is InChI=1S/C11H11FO2/c12-9-6-8-7(5-11(9)14)3-1-2-4-10(8)13/h5-6,14H,1-4H2. The van der Waals surface area contributed by atoms with Crippen LogP contribution in [0.15, 0.2) is 12.1 Å². The van der Waals surface area contributed by atoms with Crippen LogP contribution in [0.4, 0.5) is 4.39 Å². The number of carbonyl (C=O) groups is 1. The van der Waals surface area contributed by atoms with Crippen LogP contribution in [0.3, 0.4) is 0 Å². The number of carbonyl (C=O) groups excluding carboxylic acids is 1. The van der Waals surface area contributed by atoms with E-state index in [1.807, 2.05) is 0 Å². The highest BCUT2D eigenvalue weighted by molar-refractivity contribution is 5.98. The summed E-state index contributed by atoms with van der Waals surface area (Å²) in [6, 6.07) is 2.52. The molecule has 0 atom stereocenters. The lowest BCUT2D eigenvalue weighted by Gasteiger charge is -2.05. The Kier molecular flexibility index (Phi) is 2.23. The van der Waals surface area contributed by atoms with Crippen molar-refractivity contribution < 1.29 is 14.3 Å². The summed E-state index contributed by atoms with van der Waals surface area (Å²) < 4.78 is 13.0. The maximum absolute atomic E-state index is 13.0. The number of benzene rings is 1. The zero-order valence-electron chi connectivity index (χ0n) is 7.72. The molecule has 1 aliphatic rings. The highest BCUT2D eigenvalue weighted by Gasteiger charge is 2.17. The Morgan fingerprint density at radius 2 is 1.93 bits per heavy atom. The molecule has 0 aromatic heterocycles. The van der Waals surface area contributed by atoms with E-state index < -0.39 is 5.82 Å². The van der Waals surface area contributed by atoms with E-state index in [9.17, 15) is 9.18 Å². The number of hydrogen-bond acceptors (Lipinski definition) is 2. The second-order valence-corrected chi connectivity index (χ2v) is 3.59. The predicted octanol–water partition coefficient (Wildman–Crippen LogP) is 2.44. The van der Waals surface area contributed by atoms with E-state index in [0.29, 0.717) is 12.0 Å². The van der Waals surface area contributed by atoms with Crippen molar-refractivity contribution in [1.29, 1.82) is 0 Å². The smallest absolute Gasteiger partial charge is 0.165 e. The van der Waals surface area contributed by atoms with Gasteiger partial charge in [-0.05, 0) is 37.0 Å². The van der Waals surface area contributed by atoms with Gasteiger partial charge in [-0.1, -0.05) is 0 Å². The fraction of sp³-hybridized carbons (Fsp3) is 0.364. The van der Waals surface area contributed by atoms with Gasteiger partial charge in [-0.15, -0.1) is 0 Å². The fourth-order valence-corrected chi connectivity index (χ4v) is 1.81. The molecule has 0 saturated carbocycles. The molecule has 0 spiro atoms. The number of rotatable bonds is 0. The first-order valence-corrected chi connectivity index (χ1v) is 4.73. The number of phenolic OH excluding ortho intramolecular Hbond substituents is 1. The average molecular weight is 194 g/mol. The Balaban J connectivity index is 2.54. The molecule has 0 saturated heterocycles. The summed E-state index contributed by atoms with van der Waals surface area (Å²) in [4.78, 5) is 11.5. The lowest BCUT2D eigenvalue weighted by atomic mass is 10.0. The van der Waals surface area contributed by atoms with Gasteiger partial charge in [-0.25, -0.2) is 4.39 Å². The van der Waals surface area contributed by atoms with E-state index in [-0.39, 0.29) is 11.5 Å². The first-order valence-electron chi connectivity index (χ1n) is 4.73. The average Bonchev–Trinajstić information content (AvgIpc) is 2.31. The van der Waals surface area contributed by atoms with Crippen LogP contribution in [0.25, 0.3) is 0 Å². The molecule has 2 nitrogen and oxygen atoms in total. The van der Waals surface area contributed by atoms with Crippen molar-refractivity contribution in [3.8, 4) is 5.75 Å². The highest BCUT2D eigenvalue weighted by Crippen LogP contribution is 2.26. The van der Waals surface area contributed by atoms with E-state index >= 15 is 0 Å². The van der Waals surface area contributed by atoms with Crippen LogP contribution in [-0.2, 0) is 6.42 Å². The van der Waals surface area contributed by atoms with E-state index in [1.54, 1.807) is 0 Å². The third-order valence-electron chi connectivity index (χ3n) is 2.57. The van der Waals surface area contributed by atoms with Crippen LogP contribution in [0, 0.1) is 5.82 Å². The molecule has 74 valence electrons.